The van der Waals surface area contributed by atoms with Gasteiger partial charge in [-0.3, -0.25) is 4.98 Å². The summed E-state index contributed by atoms with van der Waals surface area (Å²) in [5, 5.41) is 11.2. The number of anilines is 4. The van der Waals surface area contributed by atoms with Crippen molar-refractivity contribution in [2.75, 3.05) is 69.0 Å². The monoisotopic (exact) mass is 512 g/mol. The summed E-state index contributed by atoms with van der Waals surface area (Å²) in [5.74, 6) is 3.67. The number of nitrogens with one attached hydrogen (secondary N) is 3. The fraction of sp³-hybridized carbons (Fsp3) is 0.370. The van der Waals surface area contributed by atoms with Crippen LogP contribution in [-0.2, 0) is 0 Å². The first-order valence-electron chi connectivity index (χ1n) is 13.0. The van der Waals surface area contributed by atoms with E-state index in [4.69, 9.17) is 14.7 Å². The molecule has 6 heterocycles. The van der Waals surface area contributed by atoms with Crippen LogP contribution < -0.4 is 25.6 Å². The van der Waals surface area contributed by atoms with Gasteiger partial charge in [0, 0.05) is 50.5 Å². The number of piperazine rings is 1. The Balaban J connectivity index is 1.26. The molecule has 4 aromatic heterocycles. The standard InChI is InChI=1S/C27H32N10O/c1-36-9-11-37(12-10-36)24-4-3-19(15-31-24)32-23-13-18(5-8-30-23)26-34-21-16-29-17-22(38-2)25(21)27(35-26)33-20-6-7-28-14-20/h3-5,8,13,15-17,20,28H,6-7,9-12,14H2,1-2H3,(H,30,32)(H,33,34,35). The molecule has 0 aliphatic carbocycles. The number of ether oxygens (including phenoxy) is 1. The van der Waals surface area contributed by atoms with Gasteiger partial charge in [-0.2, -0.15) is 0 Å². The third kappa shape index (κ3) is 5.15. The molecule has 2 saturated heterocycles. The molecule has 3 N–H and O–H groups in total. The van der Waals surface area contributed by atoms with Crippen LogP contribution in [0.2, 0.25) is 0 Å². The molecule has 0 saturated carbocycles. The van der Waals surface area contributed by atoms with E-state index in [9.17, 15) is 0 Å². The Kier molecular flexibility index (Phi) is 6.84. The zero-order valence-corrected chi connectivity index (χ0v) is 21.7. The van der Waals surface area contributed by atoms with Gasteiger partial charge in [0.15, 0.2) is 5.82 Å². The quantitative estimate of drug-likeness (QED) is 0.339. The molecule has 1 atom stereocenters. The maximum absolute atomic E-state index is 5.59. The topological polar surface area (TPSA) is 116 Å². The van der Waals surface area contributed by atoms with Crippen LogP contribution in [-0.4, -0.2) is 89.3 Å². The Bertz CT molecular complexity index is 1400. The maximum Gasteiger partial charge on any atom is 0.162 e. The van der Waals surface area contributed by atoms with Gasteiger partial charge in [0.05, 0.1) is 42.3 Å². The number of hydrogen-bond donors (Lipinski definition) is 3. The Labute approximate surface area is 221 Å². The first kappa shape index (κ1) is 24.3. The second-order valence-corrected chi connectivity index (χ2v) is 9.72. The molecule has 1 unspecified atom stereocenters. The molecule has 196 valence electrons. The summed E-state index contributed by atoms with van der Waals surface area (Å²) in [7, 11) is 3.79. The summed E-state index contributed by atoms with van der Waals surface area (Å²) in [5.41, 5.74) is 2.44. The Morgan fingerprint density at radius 2 is 1.92 bits per heavy atom. The van der Waals surface area contributed by atoms with Gasteiger partial charge in [-0.15, -0.1) is 0 Å². The van der Waals surface area contributed by atoms with Gasteiger partial charge in [0.2, 0.25) is 0 Å². The first-order valence-corrected chi connectivity index (χ1v) is 13.0. The fourth-order valence-electron chi connectivity index (χ4n) is 4.88. The molecule has 2 aliphatic heterocycles. The van der Waals surface area contributed by atoms with E-state index in [1.54, 1.807) is 25.7 Å². The largest absolute Gasteiger partial charge is 0.494 e. The van der Waals surface area contributed by atoms with Gasteiger partial charge < -0.3 is 30.5 Å². The van der Waals surface area contributed by atoms with Gasteiger partial charge >= 0.3 is 0 Å². The lowest BCUT2D eigenvalue weighted by molar-refractivity contribution is 0.312. The fourth-order valence-corrected chi connectivity index (χ4v) is 4.88. The highest BCUT2D eigenvalue weighted by Gasteiger charge is 2.20. The number of rotatable bonds is 7. The number of fused-ring (bicyclic) bond motifs is 1. The second-order valence-electron chi connectivity index (χ2n) is 9.72. The first-order chi connectivity index (χ1) is 18.7. The van der Waals surface area contributed by atoms with Crippen molar-refractivity contribution in [3.63, 3.8) is 0 Å². The van der Waals surface area contributed by atoms with E-state index in [-0.39, 0.29) is 6.04 Å². The molecular formula is C27H32N10O. The molecule has 4 aromatic rings. The molecular weight excluding hydrogens is 480 g/mol. The van der Waals surface area contributed by atoms with Gasteiger partial charge in [-0.1, -0.05) is 0 Å². The third-order valence-electron chi connectivity index (χ3n) is 7.06. The lowest BCUT2D eigenvalue weighted by Crippen LogP contribution is -2.44. The molecule has 11 heteroatoms. The minimum Gasteiger partial charge on any atom is -0.494 e. The predicted molar refractivity (Wildman–Crippen MR) is 149 cm³/mol. The van der Waals surface area contributed by atoms with Crippen LogP contribution in [0.3, 0.4) is 0 Å². The van der Waals surface area contributed by atoms with Crippen molar-refractivity contribution in [1.29, 1.82) is 0 Å². The molecule has 0 spiro atoms. The van der Waals surface area contributed by atoms with Crippen molar-refractivity contribution in [1.82, 2.24) is 35.1 Å². The van der Waals surface area contributed by atoms with Crippen molar-refractivity contribution in [2.45, 2.75) is 12.5 Å². The summed E-state index contributed by atoms with van der Waals surface area (Å²) in [6, 6.07) is 8.24. The van der Waals surface area contributed by atoms with Crippen LogP contribution >= 0.6 is 0 Å². The van der Waals surface area contributed by atoms with Gasteiger partial charge in [-0.05, 0) is 44.3 Å². The Morgan fingerprint density at radius 1 is 1.03 bits per heavy atom. The van der Waals surface area contributed by atoms with Crippen molar-refractivity contribution in [3.05, 3.63) is 49.1 Å². The number of nitrogens with zero attached hydrogens (tertiary/aromatic N) is 7. The van der Waals surface area contributed by atoms with Crippen molar-refractivity contribution >= 4 is 34.0 Å². The Hall–Kier alpha value is -4.09. The van der Waals surface area contributed by atoms with Crippen LogP contribution in [0.15, 0.2) is 49.1 Å². The van der Waals surface area contributed by atoms with Crippen molar-refractivity contribution in [2.24, 2.45) is 0 Å². The molecule has 0 amide bonds. The average molecular weight is 513 g/mol. The van der Waals surface area contributed by atoms with Crippen LogP contribution in [0.5, 0.6) is 5.75 Å². The molecule has 38 heavy (non-hydrogen) atoms. The van der Waals surface area contributed by atoms with Crippen LogP contribution in [0.4, 0.5) is 23.1 Å². The SMILES string of the molecule is COc1cncc2nc(-c3ccnc(Nc4ccc(N5CCN(C)CC5)nc4)c3)nc(NC3CCNC3)c12. The van der Waals surface area contributed by atoms with E-state index in [1.807, 2.05) is 24.4 Å². The molecule has 0 bridgehead atoms. The lowest BCUT2D eigenvalue weighted by atomic mass is 10.2. The van der Waals surface area contributed by atoms with E-state index in [2.05, 4.69) is 53.8 Å². The zero-order chi connectivity index (χ0) is 25.9. The molecule has 2 fully saturated rings. The smallest absolute Gasteiger partial charge is 0.162 e. The number of methoxy groups -OCH3 is 1. The number of aromatic nitrogens is 5. The molecule has 0 aromatic carbocycles. The van der Waals surface area contributed by atoms with E-state index >= 15 is 0 Å². The van der Waals surface area contributed by atoms with Gasteiger partial charge in [-0.25, -0.2) is 19.9 Å². The predicted octanol–water partition coefficient (Wildman–Crippen LogP) is 2.76. The minimum atomic E-state index is 0.287. The van der Waals surface area contributed by atoms with Gasteiger partial charge in [0.25, 0.3) is 0 Å². The van der Waals surface area contributed by atoms with Crippen LogP contribution in [0.1, 0.15) is 6.42 Å². The molecule has 2 aliphatic rings. The van der Waals surface area contributed by atoms with Gasteiger partial charge in [0.1, 0.15) is 23.2 Å². The Morgan fingerprint density at radius 3 is 2.68 bits per heavy atom. The van der Waals surface area contributed by atoms with Crippen LogP contribution in [0, 0.1) is 0 Å². The van der Waals surface area contributed by atoms with E-state index < -0.39 is 0 Å². The highest BCUT2D eigenvalue weighted by atomic mass is 16.5. The molecule has 0 radical (unpaired) electrons. The second kappa shape index (κ2) is 10.7. The maximum atomic E-state index is 5.59. The summed E-state index contributed by atoms with van der Waals surface area (Å²) >= 11 is 0. The number of pyridine rings is 3. The summed E-state index contributed by atoms with van der Waals surface area (Å²) in [4.78, 5) is 27.9. The summed E-state index contributed by atoms with van der Waals surface area (Å²) < 4.78 is 5.59. The third-order valence-corrected chi connectivity index (χ3v) is 7.06. The zero-order valence-electron chi connectivity index (χ0n) is 21.7. The highest BCUT2D eigenvalue weighted by Crippen LogP contribution is 2.32. The van der Waals surface area contributed by atoms with Crippen molar-refractivity contribution < 1.29 is 4.74 Å². The normalized spacial score (nSPS) is 18.1. The molecule has 11 nitrogen and oxygen atoms in total. The number of likely N-dealkylation sites (N-methyl/N-ethyl adjacent to an activating group) is 1. The molecule has 6 rings (SSSR count). The summed E-state index contributed by atoms with van der Waals surface area (Å²) in [6.07, 6.45) is 8.08. The highest BCUT2D eigenvalue weighted by molar-refractivity contribution is 5.95. The van der Waals surface area contributed by atoms with E-state index in [1.165, 1.54) is 0 Å². The minimum absolute atomic E-state index is 0.287. The van der Waals surface area contributed by atoms with E-state index in [0.717, 1.165) is 79.5 Å². The summed E-state index contributed by atoms with van der Waals surface area (Å²) in [6.45, 7) is 5.94. The van der Waals surface area contributed by atoms with Crippen LogP contribution in [0.25, 0.3) is 22.3 Å². The van der Waals surface area contributed by atoms with E-state index in [0.29, 0.717) is 17.4 Å². The lowest BCUT2D eigenvalue weighted by Gasteiger charge is -2.33. The van der Waals surface area contributed by atoms with Crippen molar-refractivity contribution in [3.8, 4) is 17.1 Å². The number of hydrogen-bond acceptors (Lipinski definition) is 11. The average Bonchev–Trinajstić information content (AvgIpc) is 3.47.